The number of carbonyl (C=O) groups is 1. The molecule has 1 aromatic heterocycles. The minimum atomic E-state index is 0.120. The highest BCUT2D eigenvalue weighted by Gasteiger charge is 2.33. The van der Waals surface area contributed by atoms with Crippen molar-refractivity contribution in [2.45, 2.75) is 56.1 Å². The van der Waals surface area contributed by atoms with Gasteiger partial charge in [0, 0.05) is 23.9 Å². The van der Waals surface area contributed by atoms with Gasteiger partial charge in [-0.05, 0) is 47.6 Å². The first-order valence-electron chi connectivity index (χ1n) is 10.1. The van der Waals surface area contributed by atoms with E-state index in [9.17, 15) is 4.79 Å². The standard InChI is InChI=1S/C23H26N4OS/c1-16(2)19-7-3-17(4-8-19)13-27(21-11-12-21)22(28)20-9-5-18(6-10-20)14-29-23-24-15-25-26-23/h3-10,15-16,21H,11-14H2,1-2H3,(H,24,25,26). The van der Waals surface area contributed by atoms with Gasteiger partial charge < -0.3 is 4.90 Å². The molecule has 2 aromatic carbocycles. The summed E-state index contributed by atoms with van der Waals surface area (Å²) >= 11 is 1.60. The molecule has 1 saturated carbocycles. The summed E-state index contributed by atoms with van der Waals surface area (Å²) < 4.78 is 0. The molecule has 0 bridgehead atoms. The fourth-order valence-corrected chi connectivity index (χ4v) is 4.02. The van der Waals surface area contributed by atoms with Crippen molar-refractivity contribution in [2.24, 2.45) is 0 Å². The van der Waals surface area contributed by atoms with E-state index in [1.54, 1.807) is 11.8 Å². The molecular weight excluding hydrogens is 380 g/mol. The third-order valence-corrected chi connectivity index (χ3v) is 6.16. The van der Waals surface area contributed by atoms with Crippen LogP contribution in [0.4, 0.5) is 0 Å². The fraction of sp³-hybridized carbons (Fsp3) is 0.348. The summed E-state index contributed by atoms with van der Waals surface area (Å²) in [6, 6.07) is 17.0. The zero-order valence-corrected chi connectivity index (χ0v) is 17.7. The Bertz CT molecular complexity index is 932. The maximum atomic E-state index is 13.2. The Morgan fingerprint density at radius 3 is 2.38 bits per heavy atom. The maximum Gasteiger partial charge on any atom is 0.254 e. The molecule has 1 amide bonds. The van der Waals surface area contributed by atoms with Crippen molar-refractivity contribution in [3.63, 3.8) is 0 Å². The molecular formula is C23H26N4OS. The van der Waals surface area contributed by atoms with E-state index in [4.69, 9.17) is 0 Å². The van der Waals surface area contributed by atoms with Gasteiger partial charge in [-0.1, -0.05) is 62.0 Å². The highest BCUT2D eigenvalue weighted by Crippen LogP contribution is 2.30. The van der Waals surface area contributed by atoms with Gasteiger partial charge in [-0.25, -0.2) is 4.98 Å². The van der Waals surface area contributed by atoms with Crippen LogP contribution in [0.1, 0.15) is 59.7 Å². The number of nitrogens with zero attached hydrogens (tertiary/aromatic N) is 3. The normalized spacial score (nSPS) is 13.6. The predicted molar refractivity (Wildman–Crippen MR) is 116 cm³/mol. The second kappa shape index (κ2) is 8.82. The van der Waals surface area contributed by atoms with E-state index >= 15 is 0 Å². The van der Waals surface area contributed by atoms with Crippen LogP contribution in [0.25, 0.3) is 0 Å². The molecule has 1 fully saturated rings. The summed E-state index contributed by atoms with van der Waals surface area (Å²) in [5, 5.41) is 7.50. The summed E-state index contributed by atoms with van der Waals surface area (Å²) in [5.41, 5.74) is 4.43. The van der Waals surface area contributed by atoms with Gasteiger partial charge in [-0.2, -0.15) is 5.10 Å². The number of rotatable bonds is 8. The first-order chi connectivity index (χ1) is 14.1. The molecule has 4 rings (SSSR count). The van der Waals surface area contributed by atoms with Crippen molar-refractivity contribution in [1.82, 2.24) is 20.1 Å². The molecule has 6 heteroatoms. The Balaban J connectivity index is 1.41. The highest BCUT2D eigenvalue weighted by molar-refractivity contribution is 7.98. The Hall–Kier alpha value is -2.60. The summed E-state index contributed by atoms with van der Waals surface area (Å²) in [4.78, 5) is 19.3. The lowest BCUT2D eigenvalue weighted by atomic mass is 10.0. The number of hydrogen-bond donors (Lipinski definition) is 1. The molecule has 1 heterocycles. The quantitative estimate of drug-likeness (QED) is 0.533. The van der Waals surface area contributed by atoms with Crippen molar-refractivity contribution in [2.75, 3.05) is 0 Å². The molecule has 29 heavy (non-hydrogen) atoms. The Kier molecular flexibility index (Phi) is 6.00. The molecule has 0 saturated heterocycles. The number of H-pyrrole nitrogens is 1. The lowest BCUT2D eigenvalue weighted by molar-refractivity contribution is 0.0730. The lowest BCUT2D eigenvalue weighted by Gasteiger charge is -2.23. The SMILES string of the molecule is CC(C)c1ccc(CN(C(=O)c2ccc(CSc3ncn[nH]3)cc2)C2CC2)cc1. The first-order valence-corrected chi connectivity index (χ1v) is 11.1. The minimum Gasteiger partial charge on any atom is -0.331 e. The number of hydrogen-bond acceptors (Lipinski definition) is 4. The van der Waals surface area contributed by atoms with Gasteiger partial charge in [0.2, 0.25) is 0 Å². The number of aromatic amines is 1. The van der Waals surface area contributed by atoms with E-state index in [1.807, 2.05) is 29.2 Å². The van der Waals surface area contributed by atoms with Gasteiger partial charge in [0.25, 0.3) is 5.91 Å². The third kappa shape index (κ3) is 5.07. The first kappa shape index (κ1) is 19.7. The average molecular weight is 407 g/mol. The third-order valence-electron chi connectivity index (χ3n) is 5.22. The van der Waals surface area contributed by atoms with E-state index in [-0.39, 0.29) is 5.91 Å². The summed E-state index contributed by atoms with van der Waals surface area (Å²) in [5.74, 6) is 1.43. The molecule has 5 nitrogen and oxygen atoms in total. The van der Waals surface area contributed by atoms with Crippen LogP contribution in [0.3, 0.4) is 0 Å². The smallest absolute Gasteiger partial charge is 0.254 e. The Morgan fingerprint density at radius 2 is 1.79 bits per heavy atom. The van der Waals surface area contributed by atoms with E-state index in [1.165, 1.54) is 17.5 Å². The number of benzene rings is 2. The average Bonchev–Trinajstić information content (AvgIpc) is 3.45. The predicted octanol–water partition coefficient (Wildman–Crippen LogP) is 5.03. The molecule has 0 atom stereocenters. The van der Waals surface area contributed by atoms with Crippen LogP contribution in [0, 0.1) is 0 Å². The number of thioether (sulfide) groups is 1. The highest BCUT2D eigenvalue weighted by atomic mass is 32.2. The van der Waals surface area contributed by atoms with E-state index in [0.717, 1.165) is 34.9 Å². The van der Waals surface area contributed by atoms with Gasteiger partial charge in [-0.3, -0.25) is 9.89 Å². The fourth-order valence-electron chi connectivity index (χ4n) is 3.28. The number of amides is 1. The lowest BCUT2D eigenvalue weighted by Crippen LogP contribution is -2.32. The van der Waals surface area contributed by atoms with Gasteiger partial charge >= 0.3 is 0 Å². The largest absolute Gasteiger partial charge is 0.331 e. The second-order valence-corrected chi connectivity index (χ2v) is 8.80. The van der Waals surface area contributed by atoms with Crippen LogP contribution in [0.5, 0.6) is 0 Å². The van der Waals surface area contributed by atoms with Gasteiger partial charge in [0.1, 0.15) is 6.33 Å². The van der Waals surface area contributed by atoms with E-state index < -0.39 is 0 Å². The number of aromatic nitrogens is 3. The summed E-state index contributed by atoms with van der Waals surface area (Å²) in [6.45, 7) is 5.07. The van der Waals surface area contributed by atoms with Crippen LogP contribution in [0.15, 0.2) is 60.0 Å². The van der Waals surface area contributed by atoms with E-state index in [2.05, 4.69) is 53.3 Å². The molecule has 1 aliphatic rings. The van der Waals surface area contributed by atoms with Gasteiger partial charge in [0.15, 0.2) is 5.16 Å². The monoisotopic (exact) mass is 406 g/mol. The van der Waals surface area contributed by atoms with Gasteiger partial charge in [-0.15, -0.1) is 0 Å². The molecule has 150 valence electrons. The van der Waals surface area contributed by atoms with Crippen LogP contribution in [0.2, 0.25) is 0 Å². The van der Waals surface area contributed by atoms with Crippen LogP contribution >= 0.6 is 11.8 Å². The van der Waals surface area contributed by atoms with Crippen LogP contribution < -0.4 is 0 Å². The van der Waals surface area contributed by atoms with Crippen molar-refractivity contribution >= 4 is 17.7 Å². The zero-order chi connectivity index (χ0) is 20.2. The number of nitrogens with one attached hydrogen (secondary N) is 1. The van der Waals surface area contributed by atoms with Crippen molar-refractivity contribution in [1.29, 1.82) is 0 Å². The Labute approximate surface area is 175 Å². The maximum absolute atomic E-state index is 13.2. The molecule has 1 aliphatic carbocycles. The van der Waals surface area contributed by atoms with Crippen LogP contribution in [-0.4, -0.2) is 32.0 Å². The molecule has 0 aliphatic heterocycles. The Morgan fingerprint density at radius 1 is 1.10 bits per heavy atom. The van der Waals surface area contributed by atoms with Crippen molar-refractivity contribution < 1.29 is 4.79 Å². The number of carbonyl (C=O) groups excluding carboxylic acids is 1. The van der Waals surface area contributed by atoms with Crippen LogP contribution in [-0.2, 0) is 12.3 Å². The van der Waals surface area contributed by atoms with Crippen molar-refractivity contribution in [3.8, 4) is 0 Å². The van der Waals surface area contributed by atoms with E-state index in [0.29, 0.717) is 18.5 Å². The molecule has 0 unspecified atom stereocenters. The molecule has 0 spiro atoms. The summed E-state index contributed by atoms with van der Waals surface area (Å²) in [6.07, 6.45) is 3.70. The molecule has 1 N–H and O–H groups in total. The minimum absolute atomic E-state index is 0.120. The second-order valence-electron chi connectivity index (χ2n) is 7.84. The van der Waals surface area contributed by atoms with Gasteiger partial charge in [0.05, 0.1) is 0 Å². The van der Waals surface area contributed by atoms with Crippen molar-refractivity contribution in [3.05, 3.63) is 77.1 Å². The molecule has 3 aromatic rings. The topological polar surface area (TPSA) is 61.9 Å². The molecule has 0 radical (unpaired) electrons. The zero-order valence-electron chi connectivity index (χ0n) is 16.8. The summed E-state index contributed by atoms with van der Waals surface area (Å²) in [7, 11) is 0.